The maximum Gasteiger partial charge on any atom is 0.251 e. The van der Waals surface area contributed by atoms with Crippen LogP contribution in [0.2, 0.25) is 0 Å². The number of nitrogens with zero attached hydrogens (tertiary/aromatic N) is 2. The Morgan fingerprint density at radius 3 is 2.95 bits per heavy atom. The van der Waals surface area contributed by atoms with Crippen LogP contribution in [0.4, 0.5) is 0 Å². The predicted molar refractivity (Wildman–Crippen MR) is 78.3 cm³/mol. The zero-order chi connectivity index (χ0) is 15.1. The third-order valence-corrected chi connectivity index (χ3v) is 2.71. The van der Waals surface area contributed by atoms with Crippen LogP contribution < -0.4 is 5.32 Å². The fraction of sp³-hybridized carbons (Fsp3) is 0.188. The van der Waals surface area contributed by atoms with Crippen LogP contribution in [0.3, 0.4) is 0 Å². The summed E-state index contributed by atoms with van der Waals surface area (Å²) in [6, 6.07) is 8.91. The van der Waals surface area contributed by atoms with Crippen LogP contribution in [-0.2, 0) is 6.54 Å². The molecule has 0 unspecified atom stereocenters. The number of hydrogen-bond acceptors (Lipinski definition) is 4. The molecule has 21 heavy (non-hydrogen) atoms. The van der Waals surface area contributed by atoms with Gasteiger partial charge >= 0.3 is 0 Å². The topological polar surface area (TPSA) is 75.1 Å². The smallest absolute Gasteiger partial charge is 0.251 e. The fourth-order valence-electron chi connectivity index (χ4n) is 1.83. The van der Waals surface area contributed by atoms with Gasteiger partial charge in [-0.2, -0.15) is 10.2 Å². The number of amides is 1. The van der Waals surface area contributed by atoms with Crippen LogP contribution in [0.15, 0.2) is 36.5 Å². The Morgan fingerprint density at radius 2 is 2.24 bits per heavy atom. The molecule has 0 aliphatic rings. The number of benzene rings is 1. The molecule has 1 heterocycles. The van der Waals surface area contributed by atoms with E-state index in [0.717, 1.165) is 5.56 Å². The summed E-state index contributed by atoms with van der Waals surface area (Å²) in [7, 11) is 0. The predicted octanol–water partition coefficient (Wildman–Crippen LogP) is 1.06. The van der Waals surface area contributed by atoms with Crippen molar-refractivity contribution in [1.82, 2.24) is 15.5 Å². The molecule has 0 aliphatic heterocycles. The number of aliphatic hydroxyl groups excluding tert-OH is 1. The minimum Gasteiger partial charge on any atom is -0.384 e. The maximum atomic E-state index is 12.1. The second-order valence-electron chi connectivity index (χ2n) is 4.45. The van der Waals surface area contributed by atoms with Crippen molar-refractivity contribution in [2.75, 3.05) is 6.61 Å². The van der Waals surface area contributed by atoms with E-state index in [1.165, 1.54) is 0 Å². The fourth-order valence-corrected chi connectivity index (χ4v) is 1.83. The number of aryl methyl sites for hydroxylation is 1. The monoisotopic (exact) mass is 281 g/mol. The van der Waals surface area contributed by atoms with Crippen molar-refractivity contribution in [3.05, 3.63) is 58.9 Å². The summed E-state index contributed by atoms with van der Waals surface area (Å²) >= 11 is 0. The molecule has 2 rings (SSSR count). The Bertz CT molecular complexity index is 688. The Balaban J connectivity index is 2.10. The van der Waals surface area contributed by atoms with Gasteiger partial charge < -0.3 is 10.4 Å². The van der Waals surface area contributed by atoms with Crippen LogP contribution in [0, 0.1) is 18.8 Å². The Morgan fingerprint density at radius 1 is 1.38 bits per heavy atom. The van der Waals surface area contributed by atoms with E-state index in [2.05, 4.69) is 27.4 Å². The first kappa shape index (κ1) is 14.7. The number of aromatic nitrogens is 2. The van der Waals surface area contributed by atoms with Crippen LogP contribution in [0.1, 0.15) is 27.2 Å². The van der Waals surface area contributed by atoms with E-state index < -0.39 is 0 Å². The third-order valence-electron chi connectivity index (χ3n) is 2.71. The summed E-state index contributed by atoms with van der Waals surface area (Å²) in [5, 5.41) is 19.2. The molecular weight excluding hydrogens is 266 g/mol. The van der Waals surface area contributed by atoms with Gasteiger partial charge in [-0.25, -0.2) is 0 Å². The average molecular weight is 281 g/mol. The van der Waals surface area contributed by atoms with E-state index >= 15 is 0 Å². The van der Waals surface area contributed by atoms with Gasteiger partial charge in [0.1, 0.15) is 6.61 Å². The Kier molecular flexibility index (Phi) is 5.02. The van der Waals surface area contributed by atoms with Gasteiger partial charge in [-0.05, 0) is 42.8 Å². The van der Waals surface area contributed by atoms with E-state index in [4.69, 9.17) is 5.11 Å². The lowest BCUT2D eigenvalue weighted by atomic mass is 10.1. The zero-order valence-corrected chi connectivity index (χ0v) is 11.6. The normalized spacial score (nSPS) is 9.62. The van der Waals surface area contributed by atoms with Gasteiger partial charge in [0, 0.05) is 17.3 Å². The van der Waals surface area contributed by atoms with Gasteiger partial charge in [0.2, 0.25) is 0 Å². The molecule has 0 atom stereocenters. The number of carbonyl (C=O) groups excluding carboxylic acids is 1. The molecule has 1 aromatic heterocycles. The van der Waals surface area contributed by atoms with Crippen LogP contribution >= 0.6 is 0 Å². The summed E-state index contributed by atoms with van der Waals surface area (Å²) in [6.07, 6.45) is 1.58. The first-order valence-electron chi connectivity index (χ1n) is 6.45. The van der Waals surface area contributed by atoms with Crippen LogP contribution in [-0.4, -0.2) is 27.8 Å². The van der Waals surface area contributed by atoms with Gasteiger partial charge in [0.25, 0.3) is 5.91 Å². The quantitative estimate of drug-likeness (QED) is 0.825. The highest BCUT2D eigenvalue weighted by molar-refractivity contribution is 5.94. The largest absolute Gasteiger partial charge is 0.384 e. The third kappa shape index (κ3) is 4.41. The molecule has 0 saturated heterocycles. The highest BCUT2D eigenvalue weighted by Gasteiger charge is 2.07. The molecule has 0 aliphatic carbocycles. The number of rotatable bonds is 3. The lowest BCUT2D eigenvalue weighted by Gasteiger charge is -2.06. The van der Waals surface area contributed by atoms with Crippen molar-refractivity contribution >= 4 is 5.91 Å². The average Bonchev–Trinajstić information content (AvgIpc) is 2.51. The van der Waals surface area contributed by atoms with Gasteiger partial charge in [0.15, 0.2) is 0 Å². The number of carbonyl (C=O) groups is 1. The first-order chi connectivity index (χ1) is 10.2. The first-order valence-corrected chi connectivity index (χ1v) is 6.45. The van der Waals surface area contributed by atoms with Crippen molar-refractivity contribution in [3.63, 3.8) is 0 Å². The highest BCUT2D eigenvalue weighted by Crippen LogP contribution is 2.09. The molecular formula is C16H15N3O2. The van der Waals surface area contributed by atoms with Gasteiger partial charge in [-0.15, -0.1) is 0 Å². The maximum absolute atomic E-state index is 12.1. The summed E-state index contributed by atoms with van der Waals surface area (Å²) in [5.41, 5.74) is 2.86. The number of aliphatic hydroxyl groups is 1. The number of hydrogen-bond donors (Lipinski definition) is 2. The molecule has 5 heteroatoms. The van der Waals surface area contributed by atoms with E-state index in [0.29, 0.717) is 23.4 Å². The van der Waals surface area contributed by atoms with Gasteiger partial charge in [-0.3, -0.25) is 4.79 Å². The highest BCUT2D eigenvalue weighted by atomic mass is 16.2. The van der Waals surface area contributed by atoms with Crippen molar-refractivity contribution in [3.8, 4) is 11.8 Å². The van der Waals surface area contributed by atoms with Gasteiger partial charge in [0.05, 0.1) is 12.2 Å². The summed E-state index contributed by atoms with van der Waals surface area (Å²) < 4.78 is 0. The molecule has 0 fully saturated rings. The van der Waals surface area contributed by atoms with E-state index in [1.807, 2.05) is 13.0 Å². The standard InChI is InChI=1S/C16H15N3O2/c1-12-8-13(4-3-7-20)10-14(9-12)16(21)17-11-15-5-2-6-18-19-15/h2,5-6,8-10,20H,7,11H2,1H3,(H,17,21). The molecule has 0 saturated carbocycles. The van der Waals surface area contributed by atoms with Crippen molar-refractivity contribution in [2.45, 2.75) is 13.5 Å². The van der Waals surface area contributed by atoms with Gasteiger partial charge in [-0.1, -0.05) is 11.8 Å². The molecule has 2 N–H and O–H groups in total. The van der Waals surface area contributed by atoms with E-state index in [9.17, 15) is 4.79 Å². The molecule has 0 bridgehead atoms. The summed E-state index contributed by atoms with van der Waals surface area (Å²) in [4.78, 5) is 12.1. The molecule has 0 spiro atoms. The molecule has 1 amide bonds. The SMILES string of the molecule is Cc1cc(C#CCO)cc(C(=O)NCc2cccnn2)c1. The molecule has 1 aromatic carbocycles. The van der Waals surface area contributed by atoms with E-state index in [-0.39, 0.29) is 12.5 Å². The molecule has 0 radical (unpaired) electrons. The van der Waals surface area contributed by atoms with Crippen LogP contribution in [0.25, 0.3) is 0 Å². The molecule has 5 nitrogen and oxygen atoms in total. The lowest BCUT2D eigenvalue weighted by Crippen LogP contribution is -2.23. The summed E-state index contributed by atoms with van der Waals surface area (Å²) in [6.45, 7) is 2.00. The van der Waals surface area contributed by atoms with Crippen molar-refractivity contribution in [1.29, 1.82) is 0 Å². The Labute approximate surface area is 123 Å². The second kappa shape index (κ2) is 7.17. The molecule has 2 aromatic rings. The Hall–Kier alpha value is -2.71. The minimum absolute atomic E-state index is 0.198. The van der Waals surface area contributed by atoms with Crippen molar-refractivity contribution in [2.24, 2.45) is 0 Å². The zero-order valence-electron chi connectivity index (χ0n) is 11.6. The number of nitrogens with one attached hydrogen (secondary N) is 1. The van der Waals surface area contributed by atoms with Crippen LogP contribution in [0.5, 0.6) is 0 Å². The molecule has 106 valence electrons. The second-order valence-corrected chi connectivity index (χ2v) is 4.45. The van der Waals surface area contributed by atoms with Crippen molar-refractivity contribution < 1.29 is 9.90 Å². The minimum atomic E-state index is -0.206. The lowest BCUT2D eigenvalue weighted by molar-refractivity contribution is 0.0950. The van der Waals surface area contributed by atoms with E-state index in [1.54, 1.807) is 30.5 Å². The summed E-state index contributed by atoms with van der Waals surface area (Å²) in [5.74, 6) is 5.18.